The van der Waals surface area contributed by atoms with Crippen LogP contribution in [0.2, 0.25) is 0 Å². The van der Waals surface area contributed by atoms with Crippen molar-refractivity contribution >= 4 is 5.69 Å². The van der Waals surface area contributed by atoms with Crippen LogP contribution in [0, 0.1) is 12.9 Å². The quantitative estimate of drug-likeness (QED) is 0.594. The van der Waals surface area contributed by atoms with E-state index in [0.29, 0.717) is 11.5 Å². The van der Waals surface area contributed by atoms with Crippen molar-refractivity contribution < 1.29 is 4.39 Å². The molecule has 4 heteroatoms. The number of hydrogen-bond acceptors (Lipinski definition) is 3. The molecule has 1 atom stereocenters. The second-order valence-corrected chi connectivity index (χ2v) is 3.10. The molecular weight excluding hydrogens is 157 g/mol. The van der Waals surface area contributed by atoms with Crippen molar-refractivity contribution in [3.05, 3.63) is 17.5 Å². The molecule has 0 bridgehead atoms. The Morgan fingerprint density at radius 1 is 1.50 bits per heavy atom. The minimum atomic E-state index is -0.429. The predicted octanol–water partition coefficient (Wildman–Crippen LogP) is 1.45. The van der Waals surface area contributed by atoms with Gasteiger partial charge in [0, 0.05) is 12.5 Å². The van der Waals surface area contributed by atoms with Gasteiger partial charge in [0.05, 0.1) is 5.69 Å². The number of fused-ring (bicyclic) bond motifs is 1. The van der Waals surface area contributed by atoms with Crippen molar-refractivity contribution in [2.24, 2.45) is 0 Å². The van der Waals surface area contributed by atoms with Crippen LogP contribution in [-0.4, -0.2) is 16.5 Å². The molecule has 0 aromatic carbocycles. The number of aryl methyl sites for hydroxylation is 1. The molecular formula is C8H10FN3. The first-order valence-corrected chi connectivity index (χ1v) is 3.96. The summed E-state index contributed by atoms with van der Waals surface area (Å²) in [6.07, 6.45) is 0. The summed E-state index contributed by atoms with van der Waals surface area (Å²) < 4.78 is 13.1. The lowest BCUT2D eigenvalue weighted by Gasteiger charge is -2.02. The fourth-order valence-corrected chi connectivity index (χ4v) is 1.43. The van der Waals surface area contributed by atoms with Crippen molar-refractivity contribution in [2.45, 2.75) is 19.8 Å². The minimum Gasteiger partial charge on any atom is -0.379 e. The molecule has 1 aromatic rings. The van der Waals surface area contributed by atoms with E-state index in [1.807, 2.05) is 6.92 Å². The summed E-state index contributed by atoms with van der Waals surface area (Å²) in [7, 11) is 0. The van der Waals surface area contributed by atoms with Crippen LogP contribution in [0.15, 0.2) is 0 Å². The molecule has 64 valence electrons. The van der Waals surface area contributed by atoms with E-state index >= 15 is 0 Å². The Bertz CT molecular complexity index is 324. The summed E-state index contributed by atoms with van der Waals surface area (Å²) in [4.78, 5) is 7.82. The van der Waals surface area contributed by atoms with Gasteiger partial charge in [0.2, 0.25) is 5.95 Å². The van der Waals surface area contributed by atoms with E-state index in [-0.39, 0.29) is 5.92 Å². The Balaban J connectivity index is 2.60. The van der Waals surface area contributed by atoms with Gasteiger partial charge in [-0.1, -0.05) is 6.92 Å². The molecule has 0 aliphatic carbocycles. The van der Waals surface area contributed by atoms with Gasteiger partial charge in [0.1, 0.15) is 11.5 Å². The zero-order chi connectivity index (χ0) is 8.72. The average Bonchev–Trinajstić information content (AvgIpc) is 2.33. The highest BCUT2D eigenvalue weighted by Crippen LogP contribution is 2.30. The highest BCUT2D eigenvalue weighted by Gasteiger charge is 2.23. The summed E-state index contributed by atoms with van der Waals surface area (Å²) in [5.41, 5.74) is 1.29. The van der Waals surface area contributed by atoms with E-state index in [0.717, 1.165) is 12.2 Å². The van der Waals surface area contributed by atoms with Crippen LogP contribution in [0.3, 0.4) is 0 Å². The first-order chi connectivity index (χ1) is 5.68. The van der Waals surface area contributed by atoms with Crippen molar-refractivity contribution in [3.63, 3.8) is 0 Å². The maximum absolute atomic E-state index is 13.1. The zero-order valence-corrected chi connectivity index (χ0v) is 7.06. The molecule has 1 aliphatic rings. The standard InChI is InChI=1S/C8H10FN3/c1-4-3-10-7-6(4)11-5(2)12-8(7)9/h4,10H,3H2,1-2H3. The van der Waals surface area contributed by atoms with Crippen LogP contribution < -0.4 is 5.32 Å². The molecule has 0 spiro atoms. The first-order valence-electron chi connectivity index (χ1n) is 3.96. The monoisotopic (exact) mass is 167 g/mol. The summed E-state index contributed by atoms with van der Waals surface area (Å²) in [5.74, 6) is 0.361. The molecule has 0 fully saturated rings. The second-order valence-electron chi connectivity index (χ2n) is 3.10. The third kappa shape index (κ3) is 0.948. The SMILES string of the molecule is Cc1nc(F)c2c(n1)C(C)CN2. The molecule has 2 heterocycles. The highest BCUT2D eigenvalue weighted by atomic mass is 19.1. The lowest BCUT2D eigenvalue weighted by Crippen LogP contribution is -1.98. The summed E-state index contributed by atoms with van der Waals surface area (Å²) >= 11 is 0. The van der Waals surface area contributed by atoms with Crippen molar-refractivity contribution in [3.8, 4) is 0 Å². The van der Waals surface area contributed by atoms with Gasteiger partial charge in [-0.25, -0.2) is 9.97 Å². The lowest BCUT2D eigenvalue weighted by molar-refractivity contribution is 0.577. The Labute approximate surface area is 70.0 Å². The largest absolute Gasteiger partial charge is 0.379 e. The van der Waals surface area contributed by atoms with E-state index < -0.39 is 5.95 Å². The topological polar surface area (TPSA) is 37.8 Å². The molecule has 0 amide bonds. The van der Waals surface area contributed by atoms with Crippen molar-refractivity contribution in [1.29, 1.82) is 0 Å². The number of nitrogens with zero attached hydrogens (tertiary/aromatic N) is 2. The third-order valence-electron chi connectivity index (χ3n) is 2.06. The summed E-state index contributed by atoms with van der Waals surface area (Å²) in [6.45, 7) is 4.48. The van der Waals surface area contributed by atoms with Crippen molar-refractivity contribution in [1.82, 2.24) is 9.97 Å². The Hall–Kier alpha value is -1.19. The number of hydrogen-bond donors (Lipinski definition) is 1. The average molecular weight is 167 g/mol. The smallest absolute Gasteiger partial charge is 0.239 e. The lowest BCUT2D eigenvalue weighted by atomic mass is 10.1. The van der Waals surface area contributed by atoms with E-state index in [9.17, 15) is 4.39 Å². The molecule has 1 aromatic heterocycles. The van der Waals surface area contributed by atoms with Crippen LogP contribution in [-0.2, 0) is 0 Å². The molecule has 1 aliphatic heterocycles. The normalized spacial score (nSPS) is 20.4. The van der Waals surface area contributed by atoms with E-state index in [2.05, 4.69) is 15.3 Å². The highest BCUT2D eigenvalue weighted by molar-refractivity contribution is 5.53. The molecule has 3 nitrogen and oxygen atoms in total. The van der Waals surface area contributed by atoms with Crippen LogP contribution in [0.25, 0.3) is 0 Å². The maximum Gasteiger partial charge on any atom is 0.239 e. The van der Waals surface area contributed by atoms with Crippen LogP contribution in [0.4, 0.5) is 10.1 Å². The van der Waals surface area contributed by atoms with Gasteiger partial charge in [0.25, 0.3) is 0 Å². The predicted molar refractivity (Wildman–Crippen MR) is 43.6 cm³/mol. The zero-order valence-electron chi connectivity index (χ0n) is 7.06. The second kappa shape index (κ2) is 2.40. The molecule has 0 radical (unpaired) electrons. The van der Waals surface area contributed by atoms with Crippen LogP contribution >= 0.6 is 0 Å². The molecule has 1 N–H and O–H groups in total. The third-order valence-corrected chi connectivity index (χ3v) is 2.06. The number of aromatic nitrogens is 2. The van der Waals surface area contributed by atoms with Gasteiger partial charge >= 0.3 is 0 Å². The van der Waals surface area contributed by atoms with Crippen LogP contribution in [0.5, 0.6) is 0 Å². The molecule has 12 heavy (non-hydrogen) atoms. The van der Waals surface area contributed by atoms with Crippen molar-refractivity contribution in [2.75, 3.05) is 11.9 Å². The summed E-state index contributed by atoms with van der Waals surface area (Å²) in [6, 6.07) is 0. The Morgan fingerprint density at radius 2 is 2.25 bits per heavy atom. The minimum absolute atomic E-state index is 0.288. The van der Waals surface area contributed by atoms with E-state index in [4.69, 9.17) is 0 Å². The Kier molecular flexibility index (Phi) is 1.49. The molecule has 1 unspecified atom stereocenters. The van der Waals surface area contributed by atoms with Gasteiger partial charge < -0.3 is 5.32 Å². The number of nitrogens with one attached hydrogen (secondary N) is 1. The van der Waals surface area contributed by atoms with Gasteiger partial charge in [-0.3, -0.25) is 0 Å². The number of rotatable bonds is 0. The van der Waals surface area contributed by atoms with Gasteiger partial charge in [-0.05, 0) is 6.92 Å². The number of halogens is 1. The molecule has 0 saturated heterocycles. The molecule has 2 rings (SSSR count). The van der Waals surface area contributed by atoms with E-state index in [1.54, 1.807) is 6.92 Å². The fraction of sp³-hybridized carbons (Fsp3) is 0.500. The van der Waals surface area contributed by atoms with Gasteiger partial charge in [-0.2, -0.15) is 4.39 Å². The van der Waals surface area contributed by atoms with Crippen LogP contribution in [0.1, 0.15) is 24.4 Å². The molecule has 0 saturated carbocycles. The first kappa shape index (κ1) is 7.46. The number of anilines is 1. The maximum atomic E-state index is 13.1. The Morgan fingerprint density at radius 3 is 3.00 bits per heavy atom. The fourth-order valence-electron chi connectivity index (χ4n) is 1.43. The summed E-state index contributed by atoms with van der Waals surface area (Å²) in [5, 5.41) is 2.95. The van der Waals surface area contributed by atoms with Gasteiger partial charge in [0.15, 0.2) is 0 Å². The van der Waals surface area contributed by atoms with Gasteiger partial charge in [-0.15, -0.1) is 0 Å². The van der Waals surface area contributed by atoms with E-state index in [1.165, 1.54) is 0 Å².